The minimum absolute atomic E-state index is 0.102. The van der Waals surface area contributed by atoms with Gasteiger partial charge in [0.05, 0.1) is 32.2 Å². The van der Waals surface area contributed by atoms with Gasteiger partial charge in [0.2, 0.25) is 0 Å². The van der Waals surface area contributed by atoms with E-state index in [2.05, 4.69) is 15.2 Å². The average Bonchev–Trinajstić information content (AvgIpc) is 2.74. The number of carbonyl (C=O) groups excluding carboxylic acids is 1. The fraction of sp³-hybridized carbons (Fsp3) is 0.333. The van der Waals surface area contributed by atoms with Crippen molar-refractivity contribution in [3.8, 4) is 23.0 Å². The van der Waals surface area contributed by atoms with Gasteiger partial charge in [-0.2, -0.15) is 8.78 Å². The molecule has 0 atom stereocenters. The second-order valence-corrected chi connectivity index (χ2v) is 5.87. The molecule has 0 aliphatic heterocycles. The Bertz CT molecular complexity index is 892. The van der Waals surface area contributed by atoms with Crippen molar-refractivity contribution in [3.05, 3.63) is 42.0 Å². The summed E-state index contributed by atoms with van der Waals surface area (Å²) in [6.45, 7) is 1.29. The van der Waals surface area contributed by atoms with Crippen LogP contribution in [0.2, 0.25) is 0 Å². The van der Waals surface area contributed by atoms with Crippen LogP contribution in [0.4, 0.5) is 14.5 Å². The van der Waals surface area contributed by atoms with Gasteiger partial charge in [0.25, 0.3) is 5.91 Å². The molecule has 0 fully saturated rings. The topological polar surface area (TPSA) is 87.6 Å². The smallest absolute Gasteiger partial charge is 0.387 e. The lowest BCUT2D eigenvalue weighted by molar-refractivity contribution is -0.120. The third-order valence-corrected chi connectivity index (χ3v) is 3.71. The number of alkyl halides is 2. The molecular formula is C21H24F2N2O6. The molecule has 0 saturated carbocycles. The lowest BCUT2D eigenvalue weighted by atomic mass is 10.2. The Hall–Kier alpha value is -3.56. The van der Waals surface area contributed by atoms with Crippen molar-refractivity contribution in [1.82, 2.24) is 0 Å². The Balaban J connectivity index is 1.94. The van der Waals surface area contributed by atoms with Crippen LogP contribution in [-0.2, 0) is 9.63 Å². The van der Waals surface area contributed by atoms with Gasteiger partial charge >= 0.3 is 6.61 Å². The number of benzene rings is 2. The number of rotatable bonds is 12. The molecule has 0 aliphatic rings. The summed E-state index contributed by atoms with van der Waals surface area (Å²) in [7, 11) is 1.33. The van der Waals surface area contributed by atoms with Crippen LogP contribution in [0.3, 0.4) is 0 Å². The van der Waals surface area contributed by atoms with Crippen LogP contribution in [0.1, 0.15) is 19.4 Å². The highest BCUT2D eigenvalue weighted by Gasteiger charge is 2.12. The van der Waals surface area contributed by atoms with E-state index in [1.54, 1.807) is 18.2 Å². The first-order chi connectivity index (χ1) is 15.0. The predicted octanol–water partition coefficient (Wildman–Crippen LogP) is 4.08. The summed E-state index contributed by atoms with van der Waals surface area (Å²) < 4.78 is 45.0. The van der Waals surface area contributed by atoms with Crippen molar-refractivity contribution in [2.75, 3.05) is 32.2 Å². The van der Waals surface area contributed by atoms with Gasteiger partial charge in [0.1, 0.15) is 11.5 Å². The molecular weight excluding hydrogens is 414 g/mol. The van der Waals surface area contributed by atoms with E-state index in [9.17, 15) is 13.6 Å². The van der Waals surface area contributed by atoms with Crippen LogP contribution < -0.4 is 24.3 Å². The number of amides is 1. The zero-order valence-electron chi connectivity index (χ0n) is 17.4. The molecule has 2 aromatic rings. The summed E-state index contributed by atoms with van der Waals surface area (Å²) in [5.74, 6) is 0.647. The fourth-order valence-electron chi connectivity index (χ4n) is 2.48. The maximum atomic E-state index is 12.4. The van der Waals surface area contributed by atoms with Crippen molar-refractivity contribution >= 4 is 17.8 Å². The molecule has 31 heavy (non-hydrogen) atoms. The van der Waals surface area contributed by atoms with Crippen molar-refractivity contribution in [2.24, 2.45) is 5.16 Å². The third-order valence-electron chi connectivity index (χ3n) is 3.71. The number of anilines is 1. The molecule has 8 nitrogen and oxygen atoms in total. The van der Waals surface area contributed by atoms with Gasteiger partial charge in [0, 0.05) is 11.6 Å². The largest absolute Gasteiger partial charge is 0.494 e. The molecule has 168 valence electrons. The van der Waals surface area contributed by atoms with E-state index in [1.165, 1.54) is 31.5 Å². The van der Waals surface area contributed by atoms with Crippen molar-refractivity contribution in [2.45, 2.75) is 20.5 Å². The minimum atomic E-state index is -2.97. The maximum Gasteiger partial charge on any atom is 0.387 e. The Morgan fingerprint density at radius 1 is 1.06 bits per heavy atom. The molecule has 0 bridgehead atoms. The van der Waals surface area contributed by atoms with E-state index >= 15 is 0 Å². The summed E-state index contributed by atoms with van der Waals surface area (Å²) >= 11 is 0. The third kappa shape index (κ3) is 7.65. The monoisotopic (exact) mass is 438 g/mol. The molecule has 0 unspecified atom stereocenters. The normalized spacial score (nSPS) is 10.8. The number of carbonyl (C=O) groups is 1. The fourth-order valence-corrected chi connectivity index (χ4v) is 2.48. The van der Waals surface area contributed by atoms with Crippen LogP contribution in [-0.4, -0.2) is 45.7 Å². The minimum Gasteiger partial charge on any atom is -0.494 e. The molecule has 1 amide bonds. The van der Waals surface area contributed by atoms with Crippen molar-refractivity contribution < 1.29 is 37.4 Å². The molecule has 0 aromatic heterocycles. The Morgan fingerprint density at radius 3 is 2.48 bits per heavy atom. The second-order valence-electron chi connectivity index (χ2n) is 5.87. The average molecular weight is 438 g/mol. The Labute approximate surface area is 178 Å². The number of nitrogens with one attached hydrogen (secondary N) is 1. The van der Waals surface area contributed by atoms with E-state index in [0.29, 0.717) is 36.0 Å². The summed E-state index contributed by atoms with van der Waals surface area (Å²) in [5.41, 5.74) is 0.951. The van der Waals surface area contributed by atoms with E-state index in [1.807, 2.05) is 13.8 Å². The zero-order chi connectivity index (χ0) is 22.6. The number of ether oxygens (including phenoxy) is 4. The second kappa shape index (κ2) is 12.2. The lowest BCUT2D eigenvalue weighted by Gasteiger charge is -2.13. The quantitative estimate of drug-likeness (QED) is 0.397. The molecule has 1 N–H and O–H groups in total. The summed E-state index contributed by atoms with van der Waals surface area (Å²) in [5, 5.41) is 6.40. The van der Waals surface area contributed by atoms with Gasteiger partial charge in [-0.05, 0) is 44.2 Å². The predicted molar refractivity (Wildman–Crippen MR) is 111 cm³/mol. The standard InChI is InChI=1S/C21H24F2N2O6/c1-4-28-15-7-9-17(29-5-2)16(11-15)25-20(26)13-30-24-12-14-6-8-18(31-21(22)23)19(10-14)27-3/h6-12,21H,4-5,13H2,1-3H3,(H,25,26)/b24-12+. The molecule has 0 heterocycles. The van der Waals surface area contributed by atoms with Gasteiger partial charge in [-0.15, -0.1) is 0 Å². The number of methoxy groups -OCH3 is 1. The highest BCUT2D eigenvalue weighted by molar-refractivity contribution is 5.93. The molecule has 0 saturated heterocycles. The van der Waals surface area contributed by atoms with E-state index < -0.39 is 12.5 Å². The first-order valence-corrected chi connectivity index (χ1v) is 9.44. The van der Waals surface area contributed by atoms with Crippen LogP contribution in [0.15, 0.2) is 41.6 Å². The van der Waals surface area contributed by atoms with Gasteiger partial charge in [-0.1, -0.05) is 5.16 Å². The number of hydrogen-bond acceptors (Lipinski definition) is 7. The van der Waals surface area contributed by atoms with E-state index in [-0.39, 0.29) is 18.1 Å². The highest BCUT2D eigenvalue weighted by Crippen LogP contribution is 2.30. The van der Waals surface area contributed by atoms with Crippen LogP contribution in [0.5, 0.6) is 23.0 Å². The molecule has 0 spiro atoms. The van der Waals surface area contributed by atoms with Crippen molar-refractivity contribution in [1.29, 1.82) is 0 Å². The Morgan fingerprint density at radius 2 is 1.81 bits per heavy atom. The summed E-state index contributed by atoms with van der Waals surface area (Å²) in [6, 6.07) is 9.36. The SMILES string of the molecule is CCOc1ccc(OCC)c(NC(=O)CO/N=C/c2ccc(OC(F)F)c(OC)c2)c1. The summed E-state index contributed by atoms with van der Waals surface area (Å²) in [4.78, 5) is 17.2. The van der Waals surface area contributed by atoms with Crippen LogP contribution >= 0.6 is 0 Å². The van der Waals surface area contributed by atoms with Crippen LogP contribution in [0, 0.1) is 0 Å². The highest BCUT2D eigenvalue weighted by atomic mass is 19.3. The van der Waals surface area contributed by atoms with Gasteiger partial charge < -0.3 is 29.1 Å². The zero-order valence-corrected chi connectivity index (χ0v) is 17.4. The molecule has 0 aliphatic carbocycles. The van der Waals surface area contributed by atoms with Crippen molar-refractivity contribution in [3.63, 3.8) is 0 Å². The molecule has 10 heteroatoms. The number of oxime groups is 1. The van der Waals surface area contributed by atoms with Crippen LogP contribution in [0.25, 0.3) is 0 Å². The van der Waals surface area contributed by atoms with E-state index in [4.69, 9.17) is 19.0 Å². The lowest BCUT2D eigenvalue weighted by Crippen LogP contribution is -2.17. The number of hydrogen-bond donors (Lipinski definition) is 1. The van der Waals surface area contributed by atoms with Gasteiger partial charge in [0.15, 0.2) is 18.1 Å². The molecule has 2 rings (SSSR count). The first-order valence-electron chi connectivity index (χ1n) is 9.44. The van der Waals surface area contributed by atoms with Gasteiger partial charge in [-0.25, -0.2) is 0 Å². The van der Waals surface area contributed by atoms with E-state index in [0.717, 1.165) is 0 Å². The molecule has 0 radical (unpaired) electrons. The maximum absolute atomic E-state index is 12.4. The summed E-state index contributed by atoms with van der Waals surface area (Å²) in [6.07, 6.45) is 1.31. The Kier molecular flexibility index (Phi) is 9.34. The number of nitrogens with zero attached hydrogens (tertiary/aromatic N) is 1. The number of halogens is 2. The first kappa shape index (κ1) is 23.7. The molecule has 2 aromatic carbocycles. The van der Waals surface area contributed by atoms with Gasteiger partial charge in [-0.3, -0.25) is 4.79 Å².